The summed E-state index contributed by atoms with van der Waals surface area (Å²) in [7, 11) is 0. The van der Waals surface area contributed by atoms with Crippen molar-refractivity contribution in [1.29, 1.82) is 0 Å². The number of amides is 1. The predicted octanol–water partition coefficient (Wildman–Crippen LogP) is 3.92. The summed E-state index contributed by atoms with van der Waals surface area (Å²) in [5.41, 5.74) is 1.02. The van der Waals surface area contributed by atoms with Crippen molar-refractivity contribution < 1.29 is 4.79 Å². The van der Waals surface area contributed by atoms with Crippen LogP contribution in [0.1, 0.15) is 24.6 Å². The maximum atomic E-state index is 12.2. The molecule has 3 aromatic rings. The topological polar surface area (TPSA) is 72.7 Å². The zero-order valence-corrected chi connectivity index (χ0v) is 15.4. The van der Waals surface area contributed by atoms with Gasteiger partial charge in [0.2, 0.25) is 5.91 Å². The van der Waals surface area contributed by atoms with Gasteiger partial charge in [-0.2, -0.15) is 0 Å². The maximum Gasteiger partial charge on any atom is 0.236 e. The molecule has 0 bridgehead atoms. The van der Waals surface area contributed by atoms with Gasteiger partial charge in [-0.15, -0.1) is 10.2 Å². The number of thioether (sulfide) groups is 1. The molecule has 1 saturated carbocycles. The second-order valence-corrected chi connectivity index (χ2v) is 7.36. The monoisotopic (exact) mass is 385 g/mol. The van der Waals surface area contributed by atoms with Gasteiger partial charge in [-0.1, -0.05) is 41.6 Å². The fraction of sp³-hybridized carbons (Fsp3) is 0.222. The van der Waals surface area contributed by atoms with Gasteiger partial charge in [0, 0.05) is 17.8 Å². The van der Waals surface area contributed by atoms with Crippen LogP contribution in [0.4, 0.5) is 5.82 Å². The summed E-state index contributed by atoms with van der Waals surface area (Å²) < 4.78 is 2.05. The summed E-state index contributed by atoms with van der Waals surface area (Å²) in [4.78, 5) is 16.3. The number of nitrogens with zero attached hydrogens (tertiary/aromatic N) is 4. The number of aromatic nitrogens is 4. The molecule has 1 amide bonds. The molecule has 1 aliphatic rings. The molecule has 0 spiro atoms. The minimum atomic E-state index is -0.152. The second-order valence-electron chi connectivity index (χ2n) is 5.98. The lowest BCUT2D eigenvalue weighted by Crippen LogP contribution is -2.15. The minimum absolute atomic E-state index is 0.152. The Kier molecular flexibility index (Phi) is 4.90. The Balaban J connectivity index is 1.48. The smallest absolute Gasteiger partial charge is 0.236 e. The fourth-order valence-corrected chi connectivity index (χ4v) is 3.43. The minimum Gasteiger partial charge on any atom is -0.310 e. The van der Waals surface area contributed by atoms with E-state index in [0.29, 0.717) is 16.8 Å². The van der Waals surface area contributed by atoms with Gasteiger partial charge in [-0.25, -0.2) is 4.98 Å². The van der Waals surface area contributed by atoms with Gasteiger partial charge < -0.3 is 5.32 Å². The lowest BCUT2D eigenvalue weighted by atomic mass is 10.3. The van der Waals surface area contributed by atoms with Crippen LogP contribution in [0.5, 0.6) is 0 Å². The first kappa shape index (κ1) is 17.1. The molecule has 1 aliphatic carbocycles. The van der Waals surface area contributed by atoms with Gasteiger partial charge in [0.15, 0.2) is 5.16 Å². The third-order valence-electron chi connectivity index (χ3n) is 3.94. The molecule has 0 aliphatic heterocycles. The van der Waals surface area contributed by atoms with Gasteiger partial charge in [0.25, 0.3) is 0 Å². The van der Waals surface area contributed by atoms with Crippen LogP contribution in [0.2, 0.25) is 5.02 Å². The van der Waals surface area contributed by atoms with Gasteiger partial charge in [0.1, 0.15) is 11.6 Å². The number of para-hydroxylation sites is 1. The Hall–Kier alpha value is -2.38. The highest BCUT2D eigenvalue weighted by Crippen LogP contribution is 2.41. The third-order valence-corrected chi connectivity index (χ3v) is 5.10. The first-order chi connectivity index (χ1) is 12.7. The highest BCUT2D eigenvalue weighted by molar-refractivity contribution is 7.99. The van der Waals surface area contributed by atoms with E-state index in [9.17, 15) is 4.79 Å². The number of hydrogen-bond acceptors (Lipinski definition) is 5. The number of nitrogens with one attached hydrogen (secondary N) is 1. The first-order valence-electron chi connectivity index (χ1n) is 8.25. The summed E-state index contributed by atoms with van der Waals surface area (Å²) in [6, 6.07) is 13.4. The zero-order chi connectivity index (χ0) is 17.9. The van der Waals surface area contributed by atoms with Crippen molar-refractivity contribution in [2.24, 2.45) is 0 Å². The van der Waals surface area contributed by atoms with E-state index in [1.165, 1.54) is 18.0 Å². The van der Waals surface area contributed by atoms with Crippen LogP contribution < -0.4 is 5.32 Å². The number of pyridine rings is 1. The molecule has 1 aromatic carbocycles. The lowest BCUT2D eigenvalue weighted by molar-refractivity contribution is -0.113. The van der Waals surface area contributed by atoms with E-state index in [1.54, 1.807) is 12.1 Å². The molecule has 0 radical (unpaired) electrons. The molecule has 132 valence electrons. The number of hydrogen-bond donors (Lipinski definition) is 1. The van der Waals surface area contributed by atoms with E-state index >= 15 is 0 Å². The Labute approximate surface area is 160 Å². The van der Waals surface area contributed by atoms with Crippen LogP contribution >= 0.6 is 23.4 Å². The van der Waals surface area contributed by atoms with Crippen LogP contribution in [0.15, 0.2) is 53.8 Å². The van der Waals surface area contributed by atoms with Crippen molar-refractivity contribution in [1.82, 2.24) is 19.7 Å². The fourth-order valence-electron chi connectivity index (χ4n) is 2.56. The number of carbonyl (C=O) groups excluding carboxylic acids is 1. The third kappa shape index (κ3) is 3.89. The molecular formula is C18H16ClN5OS. The average molecular weight is 386 g/mol. The number of halogens is 1. The summed E-state index contributed by atoms with van der Waals surface area (Å²) in [5.74, 6) is 1.98. The lowest BCUT2D eigenvalue weighted by Gasteiger charge is -2.09. The van der Waals surface area contributed by atoms with E-state index < -0.39 is 0 Å². The molecular weight excluding hydrogens is 370 g/mol. The van der Waals surface area contributed by atoms with Crippen LogP contribution in [0.25, 0.3) is 5.69 Å². The van der Waals surface area contributed by atoms with Crippen LogP contribution in [-0.4, -0.2) is 31.4 Å². The second kappa shape index (κ2) is 7.47. The SMILES string of the molecule is O=C(CSc1nnc(C2CC2)n1-c1ccccc1)Nc1ccc(Cl)cn1. The largest absolute Gasteiger partial charge is 0.310 e. The highest BCUT2D eigenvalue weighted by Gasteiger charge is 2.31. The van der Waals surface area contributed by atoms with E-state index in [1.807, 2.05) is 30.3 Å². The van der Waals surface area contributed by atoms with Crippen molar-refractivity contribution in [3.63, 3.8) is 0 Å². The summed E-state index contributed by atoms with van der Waals surface area (Å²) in [5, 5.41) is 12.7. The van der Waals surface area contributed by atoms with Crippen molar-refractivity contribution in [3.05, 3.63) is 59.5 Å². The Morgan fingerprint density at radius 1 is 1.19 bits per heavy atom. The predicted molar refractivity (Wildman–Crippen MR) is 102 cm³/mol. The molecule has 4 rings (SSSR count). The number of anilines is 1. The number of benzene rings is 1. The molecule has 6 nitrogen and oxygen atoms in total. The quantitative estimate of drug-likeness (QED) is 0.651. The molecule has 0 atom stereocenters. The van der Waals surface area contributed by atoms with Crippen molar-refractivity contribution in [2.75, 3.05) is 11.1 Å². The number of rotatable bonds is 6. The van der Waals surface area contributed by atoms with E-state index in [0.717, 1.165) is 29.5 Å². The van der Waals surface area contributed by atoms with Gasteiger partial charge in [-0.05, 0) is 37.1 Å². The molecule has 0 saturated heterocycles. The van der Waals surface area contributed by atoms with Crippen molar-refractivity contribution >= 4 is 35.1 Å². The molecule has 26 heavy (non-hydrogen) atoms. The Bertz CT molecular complexity index is 909. The van der Waals surface area contributed by atoms with Crippen LogP contribution in [0.3, 0.4) is 0 Å². The highest BCUT2D eigenvalue weighted by atomic mass is 35.5. The maximum absolute atomic E-state index is 12.2. The average Bonchev–Trinajstić information content (AvgIpc) is 3.42. The van der Waals surface area contributed by atoms with Crippen LogP contribution in [0, 0.1) is 0 Å². The Morgan fingerprint density at radius 3 is 2.69 bits per heavy atom. The van der Waals surface area contributed by atoms with Crippen molar-refractivity contribution in [2.45, 2.75) is 23.9 Å². The standard InChI is InChI=1S/C18H16ClN5OS/c19-13-8-9-15(20-10-13)21-16(25)11-26-18-23-22-17(12-6-7-12)24(18)14-4-2-1-3-5-14/h1-5,8-10,12H,6-7,11H2,(H,20,21,25). The molecule has 1 N–H and O–H groups in total. The molecule has 1 fully saturated rings. The van der Waals surface area contributed by atoms with Gasteiger partial charge in [0.05, 0.1) is 10.8 Å². The van der Waals surface area contributed by atoms with Crippen LogP contribution in [-0.2, 0) is 4.79 Å². The summed E-state index contributed by atoms with van der Waals surface area (Å²) in [6.45, 7) is 0. The van der Waals surface area contributed by atoms with E-state index in [4.69, 9.17) is 11.6 Å². The van der Waals surface area contributed by atoms with E-state index in [-0.39, 0.29) is 11.7 Å². The van der Waals surface area contributed by atoms with Gasteiger partial charge >= 0.3 is 0 Å². The molecule has 2 aromatic heterocycles. The molecule has 0 unspecified atom stereocenters. The van der Waals surface area contributed by atoms with Crippen molar-refractivity contribution in [3.8, 4) is 5.69 Å². The molecule has 2 heterocycles. The Morgan fingerprint density at radius 2 is 2.00 bits per heavy atom. The van der Waals surface area contributed by atoms with Gasteiger partial charge in [-0.3, -0.25) is 9.36 Å². The summed E-state index contributed by atoms with van der Waals surface area (Å²) >= 11 is 7.16. The van der Waals surface area contributed by atoms with E-state index in [2.05, 4.69) is 25.1 Å². The molecule has 8 heteroatoms. The number of carbonyl (C=O) groups is 1. The summed E-state index contributed by atoms with van der Waals surface area (Å²) in [6.07, 6.45) is 3.77. The zero-order valence-electron chi connectivity index (χ0n) is 13.8. The normalized spacial score (nSPS) is 13.6. The first-order valence-corrected chi connectivity index (χ1v) is 9.62.